The fraction of sp³-hybridized carbons (Fsp3) is 0.615. The summed E-state index contributed by atoms with van der Waals surface area (Å²) in [6.45, 7) is 11.0. The number of thioether (sulfide) groups is 1. The van der Waals surface area contributed by atoms with Crippen molar-refractivity contribution >= 4 is 17.4 Å². The fourth-order valence-corrected chi connectivity index (χ4v) is 6.85. The van der Waals surface area contributed by atoms with E-state index in [0.717, 1.165) is 56.3 Å². The molecule has 1 aliphatic carbocycles. The number of benzene rings is 1. The first-order chi connectivity index (χ1) is 16.5. The maximum Gasteiger partial charge on any atom is 0.416 e. The van der Waals surface area contributed by atoms with Gasteiger partial charge in [-0.1, -0.05) is 24.3 Å². The predicted octanol–water partition coefficient (Wildman–Crippen LogP) is 4.50. The van der Waals surface area contributed by atoms with Crippen LogP contribution in [0.1, 0.15) is 19.3 Å². The third-order valence-corrected chi connectivity index (χ3v) is 8.85. The summed E-state index contributed by atoms with van der Waals surface area (Å²) in [5.41, 5.74) is 0.539. The van der Waals surface area contributed by atoms with E-state index in [1.807, 2.05) is 12.1 Å². The summed E-state index contributed by atoms with van der Waals surface area (Å²) in [5.74, 6) is 0. The summed E-state index contributed by atoms with van der Waals surface area (Å²) in [6, 6.07) is 7.88. The first-order valence-corrected chi connectivity index (χ1v) is 13.5. The smallest absolute Gasteiger partial charge is 0.363 e. The minimum Gasteiger partial charge on any atom is -0.363 e. The number of hydrogen-bond donors (Lipinski definition) is 0. The first-order valence-electron chi connectivity index (χ1n) is 12.6. The molecular weight excluding hydrogens is 457 g/mol. The number of hydrogen-bond acceptors (Lipinski definition) is 5. The Bertz CT molecular complexity index is 888. The fourth-order valence-electron chi connectivity index (χ4n) is 5.57. The summed E-state index contributed by atoms with van der Waals surface area (Å²) >= 11 is 1.67. The van der Waals surface area contributed by atoms with Crippen LogP contribution in [0.2, 0.25) is 0 Å². The van der Waals surface area contributed by atoms with E-state index in [-0.39, 0.29) is 11.3 Å². The highest BCUT2D eigenvalue weighted by atomic mass is 32.2. The maximum absolute atomic E-state index is 13.4. The summed E-state index contributed by atoms with van der Waals surface area (Å²) in [7, 11) is 0. The Kier molecular flexibility index (Phi) is 7.58. The van der Waals surface area contributed by atoms with Gasteiger partial charge in [0.1, 0.15) is 0 Å². The Hall–Kier alpha value is -1.48. The standard InChI is InChI=1S/C26H35F3N4S/c27-26(28,29)21-8-9-25-23(20-21)33(22-6-1-2-7-24(22)34-25)13-5-12-31-15-18-32(19-16-31)17-14-30-10-3-4-11-30/h1-2,6-9,20,23,25H,3-5,10-19H2. The number of nitrogens with zero attached hydrogens (tertiary/aromatic N) is 4. The topological polar surface area (TPSA) is 13.0 Å². The van der Waals surface area contributed by atoms with E-state index in [9.17, 15) is 13.2 Å². The van der Waals surface area contributed by atoms with Crippen molar-refractivity contribution < 1.29 is 13.2 Å². The molecule has 0 bridgehead atoms. The number of likely N-dealkylation sites (tertiary alicyclic amines) is 1. The summed E-state index contributed by atoms with van der Waals surface area (Å²) < 4.78 is 40.3. The van der Waals surface area contributed by atoms with Crippen LogP contribution in [0.3, 0.4) is 0 Å². The van der Waals surface area contributed by atoms with Crippen LogP contribution in [-0.2, 0) is 0 Å². The van der Waals surface area contributed by atoms with Gasteiger partial charge in [-0.15, -0.1) is 11.8 Å². The largest absolute Gasteiger partial charge is 0.416 e. The average Bonchev–Trinajstić information content (AvgIpc) is 3.36. The zero-order valence-corrected chi connectivity index (χ0v) is 20.5. The SMILES string of the molecule is FC(F)(F)C1=CC2C(C=C1)Sc1ccccc1N2CCCN1CCN(CCN2CCCC2)CC1. The van der Waals surface area contributed by atoms with E-state index in [0.29, 0.717) is 0 Å². The van der Waals surface area contributed by atoms with Crippen molar-refractivity contribution in [3.63, 3.8) is 0 Å². The van der Waals surface area contributed by atoms with Crippen LogP contribution in [0.25, 0.3) is 0 Å². The highest BCUT2D eigenvalue weighted by Gasteiger charge is 2.40. The number of piperazine rings is 1. The lowest BCUT2D eigenvalue weighted by Crippen LogP contribution is -2.49. The molecule has 2 fully saturated rings. The number of alkyl halides is 3. The molecule has 2 unspecified atom stereocenters. The quantitative estimate of drug-likeness (QED) is 0.554. The van der Waals surface area contributed by atoms with Gasteiger partial charge in [0, 0.05) is 50.7 Å². The highest BCUT2D eigenvalue weighted by molar-refractivity contribution is 8.00. The lowest BCUT2D eigenvalue weighted by atomic mass is 9.99. The molecule has 0 amide bonds. The van der Waals surface area contributed by atoms with Crippen LogP contribution in [-0.4, -0.2) is 97.6 Å². The molecule has 3 aliphatic heterocycles. The van der Waals surface area contributed by atoms with E-state index < -0.39 is 11.7 Å². The monoisotopic (exact) mass is 492 g/mol. The molecule has 2 atom stereocenters. The van der Waals surface area contributed by atoms with E-state index in [2.05, 4.69) is 31.7 Å². The molecule has 2 saturated heterocycles. The molecule has 34 heavy (non-hydrogen) atoms. The number of fused-ring (bicyclic) bond motifs is 2. The average molecular weight is 493 g/mol. The second kappa shape index (κ2) is 10.6. The van der Waals surface area contributed by atoms with E-state index >= 15 is 0 Å². The number of allylic oxidation sites excluding steroid dienone is 2. The molecule has 0 aromatic heterocycles. The van der Waals surface area contributed by atoms with Crippen LogP contribution < -0.4 is 4.90 Å². The molecule has 0 N–H and O–H groups in total. The number of halogens is 3. The van der Waals surface area contributed by atoms with Crippen molar-refractivity contribution in [2.45, 2.75) is 41.6 Å². The molecule has 4 aliphatic rings. The normalized spacial score (nSPS) is 26.4. The van der Waals surface area contributed by atoms with E-state index in [4.69, 9.17) is 0 Å². The zero-order chi connectivity index (χ0) is 23.5. The summed E-state index contributed by atoms with van der Waals surface area (Å²) in [4.78, 5) is 11.0. The highest BCUT2D eigenvalue weighted by Crippen LogP contribution is 2.45. The third-order valence-electron chi connectivity index (χ3n) is 7.55. The lowest BCUT2D eigenvalue weighted by Gasteiger charge is -2.43. The second-order valence-corrected chi connectivity index (χ2v) is 11.0. The molecule has 4 nitrogen and oxygen atoms in total. The van der Waals surface area contributed by atoms with E-state index in [1.165, 1.54) is 51.2 Å². The van der Waals surface area contributed by atoms with Crippen molar-refractivity contribution in [1.82, 2.24) is 14.7 Å². The van der Waals surface area contributed by atoms with Gasteiger partial charge in [-0.25, -0.2) is 0 Å². The van der Waals surface area contributed by atoms with Gasteiger partial charge in [0.15, 0.2) is 0 Å². The van der Waals surface area contributed by atoms with Gasteiger partial charge in [-0.2, -0.15) is 13.2 Å². The Morgan fingerprint density at radius 3 is 2.18 bits per heavy atom. The molecule has 5 rings (SSSR count). The first kappa shape index (κ1) is 24.2. The second-order valence-electron chi connectivity index (χ2n) is 9.80. The molecule has 1 aromatic carbocycles. The molecule has 186 valence electrons. The number of para-hydroxylation sites is 1. The van der Waals surface area contributed by atoms with Crippen molar-refractivity contribution in [2.24, 2.45) is 0 Å². The summed E-state index contributed by atoms with van der Waals surface area (Å²) in [5, 5.41) is 0.0140. The third kappa shape index (κ3) is 5.66. The van der Waals surface area contributed by atoms with Crippen LogP contribution in [0.15, 0.2) is 53.0 Å². The molecule has 1 aromatic rings. The Morgan fingerprint density at radius 1 is 0.824 bits per heavy atom. The van der Waals surface area contributed by atoms with E-state index in [1.54, 1.807) is 17.8 Å². The van der Waals surface area contributed by atoms with Crippen molar-refractivity contribution in [2.75, 3.05) is 70.3 Å². The van der Waals surface area contributed by atoms with Gasteiger partial charge < -0.3 is 14.7 Å². The maximum atomic E-state index is 13.4. The molecule has 0 radical (unpaired) electrons. The minimum absolute atomic E-state index is 0.0140. The Morgan fingerprint density at radius 2 is 1.47 bits per heavy atom. The Labute approximate surface area is 205 Å². The van der Waals surface area contributed by atoms with Crippen molar-refractivity contribution in [3.05, 3.63) is 48.1 Å². The van der Waals surface area contributed by atoms with Gasteiger partial charge in [0.2, 0.25) is 0 Å². The van der Waals surface area contributed by atoms with Crippen LogP contribution >= 0.6 is 11.8 Å². The Balaban J connectivity index is 1.15. The zero-order valence-electron chi connectivity index (χ0n) is 19.7. The van der Waals surface area contributed by atoms with Crippen molar-refractivity contribution in [1.29, 1.82) is 0 Å². The molecule has 8 heteroatoms. The predicted molar refractivity (Wildman–Crippen MR) is 134 cm³/mol. The van der Waals surface area contributed by atoms with Crippen LogP contribution in [0.5, 0.6) is 0 Å². The van der Waals surface area contributed by atoms with Gasteiger partial charge in [-0.3, -0.25) is 4.90 Å². The van der Waals surface area contributed by atoms with Gasteiger partial charge in [0.25, 0.3) is 0 Å². The van der Waals surface area contributed by atoms with Crippen LogP contribution in [0, 0.1) is 0 Å². The van der Waals surface area contributed by atoms with Crippen LogP contribution in [0.4, 0.5) is 18.9 Å². The molecule has 3 heterocycles. The van der Waals surface area contributed by atoms with Gasteiger partial charge in [0.05, 0.1) is 22.6 Å². The molecule has 0 spiro atoms. The number of rotatable bonds is 7. The summed E-state index contributed by atoms with van der Waals surface area (Å²) in [6.07, 6.45) is 3.77. The lowest BCUT2D eigenvalue weighted by molar-refractivity contribution is -0.0887. The molecular formula is C26H35F3N4S. The minimum atomic E-state index is -4.30. The van der Waals surface area contributed by atoms with Gasteiger partial charge in [-0.05, 0) is 57.1 Å². The van der Waals surface area contributed by atoms with Crippen molar-refractivity contribution in [3.8, 4) is 0 Å². The molecule has 0 saturated carbocycles. The number of anilines is 1. The van der Waals surface area contributed by atoms with Gasteiger partial charge >= 0.3 is 6.18 Å².